The molecule has 0 aromatic heterocycles. The molecule has 0 spiro atoms. The number of hydrogen-bond acceptors (Lipinski definition) is 4. The Balaban J connectivity index is 1.90. The monoisotopic (exact) mass is 349 g/mol. The van der Waals surface area contributed by atoms with E-state index in [9.17, 15) is 14.4 Å². The number of imide groups is 2. The molecular formula is C18H29N4O3+. The Bertz CT molecular complexity index is 569. The number of barbiturate groups is 1. The molecule has 1 heterocycles. The summed E-state index contributed by atoms with van der Waals surface area (Å²) in [5.74, 6) is -2.04. The minimum Gasteiger partial charge on any atom is -0.340 e. The number of quaternary nitrogens is 1. The first kappa shape index (κ1) is 19.3. The number of hydrogen-bond donors (Lipinski definition) is 2. The molecule has 7 nitrogen and oxygen atoms in total. The molecule has 138 valence electrons. The van der Waals surface area contributed by atoms with Gasteiger partial charge >= 0.3 is 6.03 Å². The molecule has 2 aliphatic rings. The number of allylic oxidation sites excluding steroid dienone is 1. The summed E-state index contributed by atoms with van der Waals surface area (Å²) in [7, 11) is 4.13. The molecule has 0 aromatic carbocycles. The third kappa shape index (κ3) is 5.77. The van der Waals surface area contributed by atoms with E-state index in [-0.39, 0.29) is 0 Å². The maximum atomic E-state index is 12.5. The Morgan fingerprint density at radius 2 is 2.12 bits per heavy atom. The quantitative estimate of drug-likeness (QED) is 0.284. The fourth-order valence-corrected chi connectivity index (χ4v) is 3.06. The lowest BCUT2D eigenvalue weighted by molar-refractivity contribution is -0.858. The number of carbonyl (C=O) groups excluding carboxylic acids is 3. The van der Waals surface area contributed by atoms with Crippen LogP contribution in [0.1, 0.15) is 38.5 Å². The molecule has 1 saturated heterocycles. The van der Waals surface area contributed by atoms with Gasteiger partial charge < -0.3 is 4.90 Å². The SMILES string of the molecule is C[NH+](C)CCCN=CC1C(=O)NC(=O)N(CCC2=CCCCC2)C1=O. The summed E-state index contributed by atoms with van der Waals surface area (Å²) in [4.78, 5) is 43.2. The summed E-state index contributed by atoms with van der Waals surface area (Å²) in [6.07, 6.45) is 9.62. The van der Waals surface area contributed by atoms with Gasteiger partial charge in [0.1, 0.15) is 0 Å². The molecule has 7 heteroatoms. The molecule has 1 atom stereocenters. The highest BCUT2D eigenvalue weighted by atomic mass is 16.2. The van der Waals surface area contributed by atoms with E-state index in [0.29, 0.717) is 19.5 Å². The highest BCUT2D eigenvalue weighted by Crippen LogP contribution is 2.21. The van der Waals surface area contributed by atoms with Gasteiger partial charge in [0.2, 0.25) is 11.8 Å². The number of amides is 4. The van der Waals surface area contributed by atoms with E-state index in [0.717, 1.165) is 37.1 Å². The van der Waals surface area contributed by atoms with Gasteiger partial charge in [0, 0.05) is 25.7 Å². The Morgan fingerprint density at radius 3 is 2.80 bits per heavy atom. The third-order valence-electron chi connectivity index (χ3n) is 4.55. The summed E-state index contributed by atoms with van der Waals surface area (Å²) >= 11 is 0. The minimum atomic E-state index is -0.996. The number of rotatable bonds is 8. The van der Waals surface area contributed by atoms with Crippen LogP contribution in [0.15, 0.2) is 16.6 Å². The van der Waals surface area contributed by atoms with E-state index in [1.807, 2.05) is 0 Å². The van der Waals surface area contributed by atoms with Crippen molar-refractivity contribution in [1.82, 2.24) is 10.2 Å². The first-order valence-electron chi connectivity index (χ1n) is 9.12. The van der Waals surface area contributed by atoms with Crippen LogP contribution in [0.3, 0.4) is 0 Å². The lowest BCUT2D eigenvalue weighted by Gasteiger charge is -2.29. The van der Waals surface area contributed by atoms with Gasteiger partial charge in [-0.15, -0.1) is 0 Å². The number of nitrogens with zero attached hydrogens (tertiary/aromatic N) is 2. The summed E-state index contributed by atoms with van der Waals surface area (Å²) in [5, 5.41) is 2.27. The van der Waals surface area contributed by atoms with E-state index in [2.05, 4.69) is 30.5 Å². The fraction of sp³-hybridized carbons (Fsp3) is 0.667. The zero-order valence-electron chi connectivity index (χ0n) is 15.2. The molecule has 0 bridgehead atoms. The van der Waals surface area contributed by atoms with Gasteiger partial charge in [0.15, 0.2) is 5.92 Å². The molecule has 25 heavy (non-hydrogen) atoms. The highest BCUT2D eigenvalue weighted by molar-refractivity contribution is 6.23. The van der Waals surface area contributed by atoms with E-state index in [1.54, 1.807) is 0 Å². The Morgan fingerprint density at radius 1 is 1.32 bits per heavy atom. The van der Waals surface area contributed by atoms with Gasteiger partial charge in [-0.25, -0.2) is 4.79 Å². The Labute approximate surface area is 149 Å². The van der Waals surface area contributed by atoms with Crippen LogP contribution in [0.25, 0.3) is 0 Å². The molecule has 0 saturated carbocycles. The number of aliphatic imine (C=N–C) groups is 1. The Kier molecular flexibility index (Phi) is 7.31. The van der Waals surface area contributed by atoms with Crippen molar-refractivity contribution in [2.45, 2.75) is 38.5 Å². The third-order valence-corrected chi connectivity index (χ3v) is 4.55. The van der Waals surface area contributed by atoms with Crippen LogP contribution < -0.4 is 10.2 Å². The van der Waals surface area contributed by atoms with Crippen molar-refractivity contribution >= 4 is 24.1 Å². The number of urea groups is 1. The predicted octanol–water partition coefficient (Wildman–Crippen LogP) is 0.177. The molecule has 0 radical (unpaired) electrons. The topological polar surface area (TPSA) is 83.3 Å². The average molecular weight is 349 g/mol. The van der Waals surface area contributed by atoms with Crippen molar-refractivity contribution < 1.29 is 19.3 Å². The molecule has 1 aliphatic heterocycles. The first-order chi connectivity index (χ1) is 12.0. The smallest absolute Gasteiger partial charge is 0.330 e. The summed E-state index contributed by atoms with van der Waals surface area (Å²) in [6, 6.07) is -0.618. The molecule has 2 N–H and O–H groups in total. The van der Waals surface area contributed by atoms with Crippen LogP contribution in [0.2, 0.25) is 0 Å². The van der Waals surface area contributed by atoms with Gasteiger partial charge in [-0.1, -0.05) is 11.6 Å². The molecule has 1 fully saturated rings. The van der Waals surface area contributed by atoms with Crippen LogP contribution in [0.5, 0.6) is 0 Å². The molecule has 4 amide bonds. The molecule has 1 unspecified atom stereocenters. The second-order valence-electron chi connectivity index (χ2n) is 6.99. The lowest BCUT2D eigenvalue weighted by Crippen LogP contribution is -3.05. The maximum Gasteiger partial charge on any atom is 0.330 e. The van der Waals surface area contributed by atoms with Crippen molar-refractivity contribution in [2.75, 3.05) is 33.7 Å². The zero-order chi connectivity index (χ0) is 18.2. The number of nitrogens with one attached hydrogen (secondary N) is 2. The Hall–Kier alpha value is -2.02. The second kappa shape index (κ2) is 9.46. The highest BCUT2D eigenvalue weighted by Gasteiger charge is 2.39. The molecule has 2 rings (SSSR count). The summed E-state index contributed by atoms with van der Waals surface area (Å²) in [6.45, 7) is 1.86. The maximum absolute atomic E-state index is 12.5. The van der Waals surface area contributed by atoms with Crippen LogP contribution >= 0.6 is 0 Å². The van der Waals surface area contributed by atoms with Crippen LogP contribution in [-0.2, 0) is 9.59 Å². The van der Waals surface area contributed by atoms with Crippen molar-refractivity contribution in [3.63, 3.8) is 0 Å². The zero-order valence-corrected chi connectivity index (χ0v) is 15.2. The normalized spacial score (nSPS) is 21.9. The fourth-order valence-electron chi connectivity index (χ4n) is 3.06. The van der Waals surface area contributed by atoms with Gasteiger partial charge in [-0.05, 0) is 32.1 Å². The van der Waals surface area contributed by atoms with Crippen molar-refractivity contribution in [2.24, 2.45) is 10.9 Å². The van der Waals surface area contributed by atoms with E-state index < -0.39 is 23.8 Å². The molecule has 1 aliphatic carbocycles. The minimum absolute atomic E-state index is 0.318. The molecule has 0 aromatic rings. The largest absolute Gasteiger partial charge is 0.340 e. The van der Waals surface area contributed by atoms with Gasteiger partial charge in [-0.2, -0.15) is 0 Å². The summed E-state index contributed by atoms with van der Waals surface area (Å²) in [5.41, 5.74) is 1.29. The van der Waals surface area contributed by atoms with E-state index in [1.165, 1.54) is 23.1 Å². The first-order valence-corrected chi connectivity index (χ1v) is 9.12. The molecular weight excluding hydrogens is 320 g/mol. The second-order valence-corrected chi connectivity index (χ2v) is 6.99. The van der Waals surface area contributed by atoms with Crippen molar-refractivity contribution in [3.8, 4) is 0 Å². The lowest BCUT2D eigenvalue weighted by atomic mass is 9.97. The van der Waals surface area contributed by atoms with E-state index >= 15 is 0 Å². The standard InChI is InChI=1S/C18H28N4O3/c1-21(2)11-6-10-19-13-15-16(23)20-18(25)22(17(15)24)12-9-14-7-4-3-5-8-14/h7,13,15H,3-6,8-12H2,1-2H3,(H,20,23,25)/p+1. The van der Waals surface area contributed by atoms with E-state index in [4.69, 9.17) is 0 Å². The van der Waals surface area contributed by atoms with Crippen molar-refractivity contribution in [1.29, 1.82) is 0 Å². The van der Waals surface area contributed by atoms with Gasteiger partial charge in [0.05, 0.1) is 20.6 Å². The average Bonchev–Trinajstić information content (AvgIpc) is 2.57. The van der Waals surface area contributed by atoms with Gasteiger partial charge in [0.25, 0.3) is 0 Å². The van der Waals surface area contributed by atoms with Crippen LogP contribution in [-0.4, -0.2) is 62.7 Å². The van der Waals surface area contributed by atoms with Crippen LogP contribution in [0, 0.1) is 5.92 Å². The van der Waals surface area contributed by atoms with Crippen LogP contribution in [0.4, 0.5) is 4.79 Å². The van der Waals surface area contributed by atoms with Gasteiger partial charge in [-0.3, -0.25) is 24.8 Å². The summed E-state index contributed by atoms with van der Waals surface area (Å²) < 4.78 is 0. The van der Waals surface area contributed by atoms with Crippen molar-refractivity contribution in [3.05, 3.63) is 11.6 Å². The predicted molar refractivity (Wildman–Crippen MR) is 95.6 cm³/mol. The number of carbonyl (C=O) groups is 3.